The quantitative estimate of drug-likeness (QED) is 0.149. The van der Waals surface area contributed by atoms with Crippen LogP contribution in [0.5, 0.6) is 5.75 Å². The van der Waals surface area contributed by atoms with Gasteiger partial charge in [-0.05, 0) is 47.7 Å². The lowest BCUT2D eigenvalue weighted by molar-refractivity contribution is 0.236. The second kappa shape index (κ2) is 15.5. The van der Waals surface area contributed by atoms with E-state index in [-0.39, 0.29) is 0 Å². The summed E-state index contributed by atoms with van der Waals surface area (Å²) in [7, 11) is 1.74. The topological polar surface area (TPSA) is 57.3 Å². The Morgan fingerprint density at radius 2 is 1.75 bits per heavy atom. The second-order valence-electron chi connectivity index (χ2n) is 11.2. The van der Waals surface area contributed by atoms with Crippen LogP contribution in [0.3, 0.4) is 0 Å². The van der Waals surface area contributed by atoms with Crippen LogP contribution >= 0.6 is 23.4 Å². The summed E-state index contributed by atoms with van der Waals surface area (Å²) < 4.78 is 7.92. The lowest BCUT2D eigenvalue weighted by Gasteiger charge is -2.40. The molecule has 0 aliphatic carbocycles. The number of piperazine rings is 1. The number of aryl methyl sites for hydroxylation is 1. The molecule has 1 aliphatic rings. The first kappa shape index (κ1) is 32.0. The summed E-state index contributed by atoms with van der Waals surface area (Å²) in [6, 6.07) is 27.0. The number of rotatable bonds is 13. The Kier molecular flexibility index (Phi) is 11.3. The Labute approximate surface area is 271 Å². The summed E-state index contributed by atoms with van der Waals surface area (Å²) in [4.78, 5) is 9.88. The summed E-state index contributed by atoms with van der Waals surface area (Å²) in [5, 5.41) is 11.0. The maximum Gasteiger partial charge on any atom is 0.151 e. The Hall–Kier alpha value is -3.44. The zero-order chi connectivity index (χ0) is 30.9. The number of para-hydroxylation sites is 2. The van der Waals surface area contributed by atoms with Crippen LogP contribution in [0.15, 0.2) is 72.8 Å². The van der Waals surface area contributed by atoms with Crippen molar-refractivity contribution < 1.29 is 4.74 Å². The first-order valence-corrected chi connectivity index (χ1v) is 17.0. The van der Waals surface area contributed by atoms with Crippen LogP contribution in [0.4, 0.5) is 5.69 Å². The van der Waals surface area contributed by atoms with Crippen molar-refractivity contribution in [2.24, 2.45) is 0 Å². The zero-order valence-electron chi connectivity index (χ0n) is 26.0. The van der Waals surface area contributed by atoms with Gasteiger partial charge in [-0.1, -0.05) is 86.5 Å². The van der Waals surface area contributed by atoms with Crippen LogP contribution in [-0.4, -0.2) is 53.1 Å². The van der Waals surface area contributed by atoms with E-state index in [2.05, 4.69) is 58.5 Å². The summed E-state index contributed by atoms with van der Waals surface area (Å²) in [6.45, 7) is 9.06. The molecule has 1 fully saturated rings. The van der Waals surface area contributed by atoms with Crippen molar-refractivity contribution >= 4 is 29.1 Å². The van der Waals surface area contributed by atoms with Crippen LogP contribution in [0.25, 0.3) is 11.1 Å². The smallest absolute Gasteiger partial charge is 0.151 e. The number of benzene rings is 3. The van der Waals surface area contributed by atoms with Gasteiger partial charge in [0.25, 0.3) is 0 Å². The number of hydrogen-bond acceptors (Lipinski definition) is 6. The monoisotopic (exact) mass is 627 g/mol. The number of thioether (sulfide) groups is 1. The second-order valence-corrected chi connectivity index (χ2v) is 12.7. The van der Waals surface area contributed by atoms with Crippen LogP contribution in [0, 0.1) is 11.3 Å². The number of methoxy groups -OCH3 is 1. The number of nitriles is 1. The highest BCUT2D eigenvalue weighted by atomic mass is 35.5. The Morgan fingerprint density at radius 1 is 1.00 bits per heavy atom. The summed E-state index contributed by atoms with van der Waals surface area (Å²) >= 11 is 8.81. The molecule has 1 atom stereocenters. The normalized spacial score (nSPS) is 14.4. The van der Waals surface area contributed by atoms with Crippen LogP contribution in [-0.2, 0) is 18.7 Å². The number of anilines is 1. The molecule has 230 valence electrons. The Morgan fingerprint density at radius 3 is 2.45 bits per heavy atom. The SMILES string of the molecule is CCCCc1nc(Cl)c(CSC(CC)N2CCN(c3ccccc3OC)CC2)n1Cc1ccc(-c2ccccc2)c(C#N)c1. The molecule has 44 heavy (non-hydrogen) atoms. The molecule has 6 nitrogen and oxygen atoms in total. The molecule has 1 unspecified atom stereocenters. The predicted octanol–water partition coefficient (Wildman–Crippen LogP) is 8.27. The highest BCUT2D eigenvalue weighted by Crippen LogP contribution is 2.33. The van der Waals surface area contributed by atoms with Crippen molar-refractivity contribution in [2.45, 2.75) is 57.2 Å². The van der Waals surface area contributed by atoms with Gasteiger partial charge in [-0.3, -0.25) is 4.90 Å². The highest BCUT2D eigenvalue weighted by molar-refractivity contribution is 7.99. The molecule has 0 saturated carbocycles. The molecule has 1 aliphatic heterocycles. The summed E-state index contributed by atoms with van der Waals surface area (Å²) in [5.74, 6) is 2.74. The molecule has 0 spiro atoms. The minimum Gasteiger partial charge on any atom is -0.495 e. The standard InChI is InChI=1S/C36H42ClN5OS/c1-4-6-16-34-39-36(37)32(42(34)25-27-17-18-30(29(23-27)24-38)28-12-8-7-9-13-28)26-44-35(5-2)41-21-19-40(20-22-41)31-14-10-11-15-33(31)43-3/h7-15,17-18,23,35H,4-6,16,19-22,25-26H2,1-3H3. The van der Waals surface area contributed by atoms with Gasteiger partial charge in [-0.2, -0.15) is 5.26 Å². The van der Waals surface area contributed by atoms with Gasteiger partial charge in [-0.25, -0.2) is 4.98 Å². The van der Waals surface area contributed by atoms with Crippen LogP contribution in [0.1, 0.15) is 55.8 Å². The van der Waals surface area contributed by atoms with E-state index in [1.807, 2.05) is 60.3 Å². The molecule has 5 rings (SSSR count). The Balaban J connectivity index is 1.31. The third-order valence-electron chi connectivity index (χ3n) is 8.40. The molecule has 1 saturated heterocycles. The third-order valence-corrected chi connectivity index (χ3v) is 10.2. The minimum absolute atomic E-state index is 0.392. The number of halogens is 1. The summed E-state index contributed by atoms with van der Waals surface area (Å²) in [5.41, 5.74) is 6.01. The zero-order valence-corrected chi connectivity index (χ0v) is 27.6. The van der Waals surface area contributed by atoms with Gasteiger partial charge in [0.1, 0.15) is 11.6 Å². The maximum atomic E-state index is 10.00. The lowest BCUT2D eigenvalue weighted by atomic mass is 9.98. The molecule has 0 radical (unpaired) electrons. The molecule has 3 aromatic carbocycles. The largest absolute Gasteiger partial charge is 0.495 e. The molecular formula is C36H42ClN5OS. The molecule has 1 aromatic heterocycles. The molecule has 4 aromatic rings. The van der Waals surface area contributed by atoms with Crippen molar-refractivity contribution in [1.29, 1.82) is 5.26 Å². The fraction of sp³-hybridized carbons (Fsp3) is 0.389. The lowest BCUT2D eigenvalue weighted by Crippen LogP contribution is -2.49. The van der Waals surface area contributed by atoms with E-state index in [4.69, 9.17) is 21.3 Å². The molecule has 0 amide bonds. The van der Waals surface area contributed by atoms with Gasteiger partial charge in [-0.15, -0.1) is 11.8 Å². The van der Waals surface area contributed by atoms with E-state index in [1.165, 1.54) is 5.69 Å². The van der Waals surface area contributed by atoms with Crippen LogP contribution in [0.2, 0.25) is 5.15 Å². The average molecular weight is 628 g/mol. The van der Waals surface area contributed by atoms with E-state index in [1.54, 1.807) is 7.11 Å². The van der Waals surface area contributed by atoms with Gasteiger partial charge in [0.05, 0.1) is 35.5 Å². The summed E-state index contributed by atoms with van der Waals surface area (Å²) in [6.07, 6.45) is 4.10. The Bertz CT molecular complexity index is 1560. The molecule has 0 N–H and O–H groups in total. The third kappa shape index (κ3) is 7.43. The van der Waals surface area contributed by atoms with E-state index < -0.39 is 0 Å². The number of hydrogen-bond donors (Lipinski definition) is 0. The first-order valence-electron chi connectivity index (χ1n) is 15.6. The van der Waals surface area contributed by atoms with Crippen molar-refractivity contribution in [2.75, 3.05) is 38.2 Å². The highest BCUT2D eigenvalue weighted by Gasteiger charge is 2.26. The van der Waals surface area contributed by atoms with E-state index >= 15 is 0 Å². The number of imidazole rings is 1. The van der Waals surface area contributed by atoms with E-state index in [0.29, 0.717) is 22.6 Å². The van der Waals surface area contributed by atoms with Crippen molar-refractivity contribution in [3.05, 3.63) is 101 Å². The number of aromatic nitrogens is 2. The van der Waals surface area contributed by atoms with Crippen molar-refractivity contribution in [1.82, 2.24) is 14.5 Å². The van der Waals surface area contributed by atoms with Gasteiger partial charge in [0.2, 0.25) is 0 Å². The van der Waals surface area contributed by atoms with Gasteiger partial charge < -0.3 is 14.2 Å². The molecule has 2 heterocycles. The fourth-order valence-electron chi connectivity index (χ4n) is 5.99. The maximum absolute atomic E-state index is 10.00. The fourth-order valence-corrected chi connectivity index (χ4v) is 7.63. The number of ether oxygens (including phenoxy) is 1. The van der Waals surface area contributed by atoms with E-state index in [0.717, 1.165) is 91.6 Å². The molecule has 0 bridgehead atoms. The average Bonchev–Trinajstić information content (AvgIpc) is 3.37. The number of nitrogens with zero attached hydrogens (tertiary/aromatic N) is 5. The minimum atomic E-state index is 0.392. The molecular weight excluding hydrogens is 586 g/mol. The van der Waals surface area contributed by atoms with Gasteiger partial charge in [0, 0.05) is 44.9 Å². The first-order chi connectivity index (χ1) is 21.6. The van der Waals surface area contributed by atoms with Gasteiger partial charge in [0.15, 0.2) is 5.15 Å². The predicted molar refractivity (Wildman–Crippen MR) is 184 cm³/mol. The van der Waals surface area contributed by atoms with Crippen LogP contribution < -0.4 is 9.64 Å². The molecule has 8 heteroatoms. The van der Waals surface area contributed by atoms with Crippen molar-refractivity contribution in [3.63, 3.8) is 0 Å². The van der Waals surface area contributed by atoms with Crippen molar-refractivity contribution in [3.8, 4) is 22.9 Å². The number of unbranched alkanes of at least 4 members (excludes halogenated alkanes) is 1. The van der Waals surface area contributed by atoms with Gasteiger partial charge >= 0.3 is 0 Å². The van der Waals surface area contributed by atoms with E-state index in [9.17, 15) is 5.26 Å².